The highest BCUT2D eigenvalue weighted by atomic mass is 32.2. The van der Waals surface area contributed by atoms with Crippen LogP contribution in [0.3, 0.4) is 0 Å². The lowest BCUT2D eigenvalue weighted by Gasteiger charge is -2.32. The molecule has 1 aliphatic rings. The van der Waals surface area contributed by atoms with Gasteiger partial charge in [-0.15, -0.1) is 0 Å². The quantitative estimate of drug-likeness (QED) is 0.535. The van der Waals surface area contributed by atoms with Crippen LogP contribution >= 0.6 is 0 Å². The summed E-state index contributed by atoms with van der Waals surface area (Å²) in [5.41, 5.74) is 5.02. The van der Waals surface area contributed by atoms with E-state index in [-0.39, 0.29) is 23.6 Å². The summed E-state index contributed by atoms with van der Waals surface area (Å²) in [6.07, 6.45) is 1.04. The first-order valence-corrected chi connectivity index (χ1v) is 13.4. The highest BCUT2D eigenvalue weighted by Gasteiger charge is 2.32. The molecule has 1 heterocycles. The predicted octanol–water partition coefficient (Wildman–Crippen LogP) is 4.75. The fourth-order valence-electron chi connectivity index (χ4n) is 4.61. The summed E-state index contributed by atoms with van der Waals surface area (Å²) in [7, 11) is -3.42. The van der Waals surface area contributed by atoms with Gasteiger partial charge < -0.3 is 5.32 Å². The predicted molar refractivity (Wildman–Crippen MR) is 136 cm³/mol. The van der Waals surface area contributed by atoms with Crippen LogP contribution < -0.4 is 5.32 Å². The van der Waals surface area contributed by atoms with Gasteiger partial charge in [0.2, 0.25) is 15.9 Å². The van der Waals surface area contributed by atoms with Crippen LogP contribution in [-0.2, 0) is 20.6 Å². The van der Waals surface area contributed by atoms with Gasteiger partial charge in [0.15, 0.2) is 0 Å². The fraction of sp³-hybridized carbons (Fsp3) is 0.321. The van der Waals surface area contributed by atoms with Crippen molar-refractivity contribution < 1.29 is 13.2 Å². The van der Waals surface area contributed by atoms with E-state index >= 15 is 0 Å². The topological polar surface area (TPSA) is 66.5 Å². The average Bonchev–Trinajstić information content (AvgIpc) is 2.85. The first-order chi connectivity index (χ1) is 16.3. The molecule has 0 unspecified atom stereocenters. The van der Waals surface area contributed by atoms with Gasteiger partial charge in [-0.1, -0.05) is 78.9 Å². The zero-order valence-electron chi connectivity index (χ0n) is 19.8. The number of nitrogens with one attached hydrogen (secondary N) is 1. The van der Waals surface area contributed by atoms with E-state index in [1.807, 2.05) is 79.7 Å². The molecule has 4 rings (SSSR count). The Morgan fingerprint density at radius 1 is 0.882 bits per heavy atom. The Labute approximate surface area is 202 Å². The van der Waals surface area contributed by atoms with E-state index in [0.29, 0.717) is 25.9 Å². The highest BCUT2D eigenvalue weighted by Crippen LogP contribution is 2.28. The molecule has 0 aliphatic carbocycles. The Morgan fingerprint density at radius 3 is 2.12 bits per heavy atom. The van der Waals surface area contributed by atoms with Gasteiger partial charge in [-0.05, 0) is 54.5 Å². The number of carbonyl (C=O) groups excluding carboxylic acids is 1. The van der Waals surface area contributed by atoms with Crippen LogP contribution in [0.2, 0.25) is 0 Å². The standard InChI is InChI=1S/C28H32N2O3S/c1-21-10-6-8-14-25(21)20-34(32,33)30-18-16-24(17-19-30)28(31)29-27(23-12-4-3-5-13-23)26-15-9-7-11-22(26)2/h3-15,24,27H,16-20H2,1-2H3,(H,29,31)/t27-/m0/s1. The van der Waals surface area contributed by atoms with Crippen LogP contribution in [-0.4, -0.2) is 31.7 Å². The summed E-state index contributed by atoms with van der Waals surface area (Å²) in [4.78, 5) is 13.3. The molecule has 34 heavy (non-hydrogen) atoms. The van der Waals surface area contributed by atoms with E-state index in [9.17, 15) is 13.2 Å². The number of hydrogen-bond donors (Lipinski definition) is 1. The van der Waals surface area contributed by atoms with Crippen LogP contribution in [0.1, 0.15) is 46.7 Å². The third kappa shape index (κ3) is 5.57. The van der Waals surface area contributed by atoms with Gasteiger partial charge in [0.25, 0.3) is 0 Å². The SMILES string of the molecule is Cc1ccccc1CS(=O)(=O)N1CCC(C(=O)N[C@@H](c2ccccc2)c2ccccc2C)CC1. The summed E-state index contributed by atoms with van der Waals surface area (Å²) in [5, 5.41) is 3.25. The minimum absolute atomic E-state index is 0.0000975. The molecule has 1 fully saturated rings. The van der Waals surface area contributed by atoms with E-state index in [2.05, 4.69) is 18.3 Å². The lowest BCUT2D eigenvalue weighted by molar-refractivity contribution is -0.126. The van der Waals surface area contributed by atoms with Gasteiger partial charge in [0, 0.05) is 19.0 Å². The van der Waals surface area contributed by atoms with Crippen molar-refractivity contribution in [1.82, 2.24) is 9.62 Å². The van der Waals surface area contributed by atoms with Crippen molar-refractivity contribution in [2.75, 3.05) is 13.1 Å². The molecule has 1 amide bonds. The van der Waals surface area contributed by atoms with Crippen molar-refractivity contribution in [3.05, 3.63) is 107 Å². The molecule has 1 aliphatic heterocycles. The highest BCUT2D eigenvalue weighted by molar-refractivity contribution is 7.88. The smallest absolute Gasteiger partial charge is 0.223 e. The van der Waals surface area contributed by atoms with E-state index < -0.39 is 10.0 Å². The molecule has 5 nitrogen and oxygen atoms in total. The Hall–Kier alpha value is -2.96. The molecular formula is C28H32N2O3S. The zero-order chi connectivity index (χ0) is 24.1. The number of amides is 1. The van der Waals surface area contributed by atoms with E-state index in [0.717, 1.165) is 27.8 Å². The summed E-state index contributed by atoms with van der Waals surface area (Å²) in [6.45, 7) is 4.72. The number of aryl methyl sites for hydroxylation is 2. The van der Waals surface area contributed by atoms with Crippen molar-refractivity contribution in [3.63, 3.8) is 0 Å². The molecule has 0 spiro atoms. The Kier molecular flexibility index (Phi) is 7.49. The van der Waals surface area contributed by atoms with Crippen molar-refractivity contribution in [1.29, 1.82) is 0 Å². The van der Waals surface area contributed by atoms with Crippen molar-refractivity contribution in [3.8, 4) is 0 Å². The van der Waals surface area contributed by atoms with Gasteiger partial charge in [-0.3, -0.25) is 4.79 Å². The normalized spacial score (nSPS) is 16.2. The zero-order valence-corrected chi connectivity index (χ0v) is 20.6. The summed E-state index contributed by atoms with van der Waals surface area (Å²) >= 11 is 0. The first-order valence-electron chi connectivity index (χ1n) is 11.8. The minimum Gasteiger partial charge on any atom is -0.345 e. The third-order valence-corrected chi connectivity index (χ3v) is 8.56. The second-order valence-corrected chi connectivity index (χ2v) is 11.0. The number of nitrogens with zero attached hydrogens (tertiary/aromatic N) is 1. The lowest BCUT2D eigenvalue weighted by atomic mass is 9.92. The molecule has 3 aromatic rings. The van der Waals surface area contributed by atoms with Crippen molar-refractivity contribution in [2.24, 2.45) is 5.92 Å². The van der Waals surface area contributed by atoms with Gasteiger partial charge in [-0.25, -0.2) is 12.7 Å². The lowest BCUT2D eigenvalue weighted by Crippen LogP contribution is -2.44. The Bertz CT molecular complexity index is 1230. The van der Waals surface area contributed by atoms with Crippen LogP contribution in [0, 0.1) is 19.8 Å². The number of rotatable bonds is 7. The number of carbonyl (C=O) groups is 1. The number of benzene rings is 3. The van der Waals surface area contributed by atoms with Gasteiger partial charge in [0.1, 0.15) is 0 Å². The monoisotopic (exact) mass is 476 g/mol. The maximum atomic E-state index is 13.3. The molecule has 0 saturated carbocycles. The fourth-order valence-corrected chi connectivity index (χ4v) is 6.28. The maximum Gasteiger partial charge on any atom is 0.223 e. The second kappa shape index (κ2) is 10.5. The molecule has 0 bridgehead atoms. The van der Waals surface area contributed by atoms with Crippen LogP contribution in [0.5, 0.6) is 0 Å². The molecule has 3 aromatic carbocycles. The number of piperidine rings is 1. The molecule has 178 valence electrons. The van der Waals surface area contributed by atoms with Crippen LogP contribution in [0.4, 0.5) is 0 Å². The van der Waals surface area contributed by atoms with Gasteiger partial charge in [-0.2, -0.15) is 0 Å². The maximum absolute atomic E-state index is 13.3. The van der Waals surface area contributed by atoms with Crippen molar-refractivity contribution >= 4 is 15.9 Å². The minimum atomic E-state index is -3.42. The third-order valence-electron chi connectivity index (χ3n) is 6.74. The summed E-state index contributed by atoms with van der Waals surface area (Å²) in [5.74, 6) is -0.229. The number of sulfonamides is 1. The van der Waals surface area contributed by atoms with Crippen LogP contribution in [0.15, 0.2) is 78.9 Å². The Balaban J connectivity index is 1.43. The van der Waals surface area contributed by atoms with E-state index in [1.165, 1.54) is 0 Å². The van der Waals surface area contributed by atoms with Gasteiger partial charge >= 0.3 is 0 Å². The van der Waals surface area contributed by atoms with Gasteiger partial charge in [0.05, 0.1) is 11.8 Å². The van der Waals surface area contributed by atoms with Crippen LogP contribution in [0.25, 0.3) is 0 Å². The molecule has 1 atom stereocenters. The van der Waals surface area contributed by atoms with E-state index in [1.54, 1.807) is 4.31 Å². The molecule has 6 heteroatoms. The molecule has 0 aromatic heterocycles. The number of hydrogen-bond acceptors (Lipinski definition) is 3. The molecule has 0 radical (unpaired) electrons. The van der Waals surface area contributed by atoms with E-state index in [4.69, 9.17) is 0 Å². The largest absolute Gasteiger partial charge is 0.345 e. The second-order valence-electron chi connectivity index (χ2n) is 9.06. The molecule has 1 saturated heterocycles. The average molecular weight is 477 g/mol. The molecule has 1 N–H and O–H groups in total. The summed E-state index contributed by atoms with van der Waals surface area (Å²) in [6, 6.07) is 25.4. The van der Waals surface area contributed by atoms with Crippen molar-refractivity contribution in [2.45, 2.75) is 38.5 Å². The first kappa shape index (κ1) is 24.2. The summed E-state index contributed by atoms with van der Waals surface area (Å²) < 4.78 is 27.5. The molecular weight excluding hydrogens is 444 g/mol. The Morgan fingerprint density at radius 2 is 1.47 bits per heavy atom.